The van der Waals surface area contributed by atoms with Gasteiger partial charge in [0.25, 0.3) is 11.8 Å². The van der Waals surface area contributed by atoms with Gasteiger partial charge in [-0.05, 0) is 56.5 Å². The second-order valence-electron chi connectivity index (χ2n) is 7.63. The SMILES string of the molecule is COC(=O)c1c(NC(=O)COc2ccccc2C)sc(C(=O)Nc2ccc(C)cc2C)c1C. The Morgan fingerprint density at radius 2 is 1.67 bits per heavy atom. The summed E-state index contributed by atoms with van der Waals surface area (Å²) in [6.45, 7) is 7.17. The number of carbonyl (C=O) groups excluding carboxylic acids is 3. The fourth-order valence-corrected chi connectivity index (χ4v) is 4.43. The predicted molar refractivity (Wildman–Crippen MR) is 130 cm³/mol. The Balaban J connectivity index is 1.81. The van der Waals surface area contributed by atoms with E-state index in [2.05, 4.69) is 10.6 Å². The number of anilines is 2. The summed E-state index contributed by atoms with van der Waals surface area (Å²) in [5.41, 5.74) is 4.17. The Labute approximate surface area is 196 Å². The highest BCUT2D eigenvalue weighted by Crippen LogP contribution is 2.34. The van der Waals surface area contributed by atoms with Gasteiger partial charge in [-0.3, -0.25) is 9.59 Å². The highest BCUT2D eigenvalue weighted by Gasteiger charge is 2.26. The zero-order valence-electron chi connectivity index (χ0n) is 19.2. The molecule has 0 fully saturated rings. The third-order valence-corrected chi connectivity index (χ3v) is 6.28. The van der Waals surface area contributed by atoms with Crippen molar-refractivity contribution in [2.45, 2.75) is 27.7 Å². The molecule has 1 heterocycles. The fourth-order valence-electron chi connectivity index (χ4n) is 3.32. The Morgan fingerprint density at radius 1 is 0.939 bits per heavy atom. The van der Waals surface area contributed by atoms with Gasteiger partial charge in [-0.1, -0.05) is 35.9 Å². The standard InChI is InChI=1S/C25H26N2O5S/c1-14-10-11-18(16(3)12-14)26-23(29)22-17(4)21(25(30)31-5)24(33-22)27-20(28)13-32-19-9-7-6-8-15(19)2/h6-12H,13H2,1-5H3,(H,26,29)(H,27,28). The van der Waals surface area contributed by atoms with Crippen LogP contribution in [0.3, 0.4) is 0 Å². The molecule has 3 rings (SSSR count). The molecule has 0 unspecified atom stereocenters. The van der Waals surface area contributed by atoms with Gasteiger partial charge in [0, 0.05) is 5.69 Å². The van der Waals surface area contributed by atoms with Crippen LogP contribution in [0.1, 0.15) is 42.3 Å². The van der Waals surface area contributed by atoms with Crippen molar-refractivity contribution in [2.24, 2.45) is 0 Å². The number of ether oxygens (including phenoxy) is 2. The van der Waals surface area contributed by atoms with Crippen molar-refractivity contribution in [1.29, 1.82) is 0 Å². The van der Waals surface area contributed by atoms with E-state index in [1.807, 2.05) is 57.2 Å². The van der Waals surface area contributed by atoms with E-state index in [1.54, 1.807) is 13.0 Å². The van der Waals surface area contributed by atoms with Gasteiger partial charge in [0.15, 0.2) is 6.61 Å². The molecule has 0 spiro atoms. The molecule has 2 amide bonds. The van der Waals surface area contributed by atoms with Crippen LogP contribution >= 0.6 is 11.3 Å². The van der Waals surface area contributed by atoms with Crippen LogP contribution in [-0.4, -0.2) is 31.5 Å². The second-order valence-corrected chi connectivity index (χ2v) is 8.65. The first-order chi connectivity index (χ1) is 15.7. The molecule has 2 aromatic carbocycles. The van der Waals surface area contributed by atoms with E-state index in [-0.39, 0.29) is 23.1 Å². The van der Waals surface area contributed by atoms with Crippen molar-refractivity contribution in [3.05, 3.63) is 75.2 Å². The van der Waals surface area contributed by atoms with Gasteiger partial charge in [-0.2, -0.15) is 0 Å². The molecule has 0 aliphatic heterocycles. The van der Waals surface area contributed by atoms with E-state index < -0.39 is 11.9 Å². The van der Waals surface area contributed by atoms with E-state index in [0.717, 1.165) is 28.0 Å². The van der Waals surface area contributed by atoms with Crippen molar-refractivity contribution < 1.29 is 23.9 Å². The lowest BCUT2D eigenvalue weighted by Crippen LogP contribution is -2.21. The van der Waals surface area contributed by atoms with Gasteiger partial charge in [0.1, 0.15) is 10.8 Å². The van der Waals surface area contributed by atoms with Crippen LogP contribution in [0.15, 0.2) is 42.5 Å². The van der Waals surface area contributed by atoms with Crippen molar-refractivity contribution in [3.63, 3.8) is 0 Å². The van der Waals surface area contributed by atoms with Crippen LogP contribution in [-0.2, 0) is 9.53 Å². The van der Waals surface area contributed by atoms with E-state index in [9.17, 15) is 14.4 Å². The van der Waals surface area contributed by atoms with Crippen LogP contribution in [0, 0.1) is 27.7 Å². The average molecular weight is 467 g/mol. The highest BCUT2D eigenvalue weighted by molar-refractivity contribution is 7.19. The number of thiophene rings is 1. The molecular formula is C25H26N2O5S. The van der Waals surface area contributed by atoms with Gasteiger partial charge in [0.2, 0.25) is 0 Å². The van der Waals surface area contributed by atoms with Gasteiger partial charge < -0.3 is 20.1 Å². The molecule has 1 aromatic heterocycles. The molecule has 0 radical (unpaired) electrons. The summed E-state index contributed by atoms with van der Waals surface area (Å²) in [6.07, 6.45) is 0. The summed E-state index contributed by atoms with van der Waals surface area (Å²) in [7, 11) is 1.25. The maximum absolute atomic E-state index is 13.0. The number of esters is 1. The van der Waals surface area contributed by atoms with Crippen molar-refractivity contribution >= 4 is 39.8 Å². The Bertz CT molecular complexity index is 1220. The average Bonchev–Trinajstić information content (AvgIpc) is 3.10. The first-order valence-corrected chi connectivity index (χ1v) is 11.1. The van der Waals surface area contributed by atoms with Crippen LogP contribution < -0.4 is 15.4 Å². The van der Waals surface area contributed by atoms with E-state index in [4.69, 9.17) is 9.47 Å². The first kappa shape index (κ1) is 24.0. The molecule has 0 atom stereocenters. The number of nitrogens with one attached hydrogen (secondary N) is 2. The number of para-hydroxylation sites is 1. The Morgan fingerprint density at radius 3 is 2.33 bits per heavy atom. The molecule has 0 aliphatic rings. The first-order valence-electron chi connectivity index (χ1n) is 10.3. The molecule has 0 bridgehead atoms. The molecule has 33 heavy (non-hydrogen) atoms. The molecule has 0 aliphatic carbocycles. The summed E-state index contributed by atoms with van der Waals surface area (Å²) < 4.78 is 10.5. The second kappa shape index (κ2) is 10.3. The third kappa shape index (κ3) is 5.59. The summed E-state index contributed by atoms with van der Waals surface area (Å²) in [6, 6.07) is 13.1. The summed E-state index contributed by atoms with van der Waals surface area (Å²) in [4.78, 5) is 38.3. The zero-order chi connectivity index (χ0) is 24.1. The van der Waals surface area contributed by atoms with Crippen molar-refractivity contribution in [2.75, 3.05) is 24.4 Å². The quantitative estimate of drug-likeness (QED) is 0.476. The topological polar surface area (TPSA) is 93.7 Å². The van der Waals surface area contributed by atoms with Crippen LogP contribution in [0.5, 0.6) is 5.75 Å². The molecule has 2 N–H and O–H groups in total. The molecular weight excluding hydrogens is 440 g/mol. The maximum Gasteiger partial charge on any atom is 0.341 e. The maximum atomic E-state index is 13.0. The number of hydrogen-bond acceptors (Lipinski definition) is 6. The highest BCUT2D eigenvalue weighted by atomic mass is 32.1. The van der Waals surface area contributed by atoms with Crippen LogP contribution in [0.25, 0.3) is 0 Å². The lowest BCUT2D eigenvalue weighted by Gasteiger charge is -2.09. The zero-order valence-corrected chi connectivity index (χ0v) is 20.0. The Hall–Kier alpha value is -3.65. The molecule has 0 saturated heterocycles. The Kier molecular flexibility index (Phi) is 7.50. The largest absolute Gasteiger partial charge is 0.483 e. The minimum absolute atomic E-state index is 0.150. The fraction of sp³-hybridized carbons (Fsp3) is 0.240. The minimum atomic E-state index is -0.635. The lowest BCUT2D eigenvalue weighted by molar-refractivity contribution is -0.118. The van der Waals surface area contributed by atoms with Crippen molar-refractivity contribution in [1.82, 2.24) is 0 Å². The summed E-state index contributed by atoms with van der Waals surface area (Å²) in [5, 5.41) is 5.81. The number of methoxy groups -OCH3 is 1. The van der Waals surface area contributed by atoms with E-state index in [1.165, 1.54) is 7.11 Å². The van der Waals surface area contributed by atoms with Crippen LogP contribution in [0.4, 0.5) is 10.7 Å². The molecule has 172 valence electrons. The summed E-state index contributed by atoms with van der Waals surface area (Å²) in [5.74, 6) is -0.863. The monoisotopic (exact) mass is 466 g/mol. The van der Waals surface area contributed by atoms with E-state index >= 15 is 0 Å². The molecule has 8 heteroatoms. The number of aryl methyl sites for hydroxylation is 3. The molecule has 0 saturated carbocycles. The number of amides is 2. The smallest absolute Gasteiger partial charge is 0.341 e. The molecule has 7 nitrogen and oxygen atoms in total. The third-order valence-electron chi connectivity index (χ3n) is 5.08. The number of hydrogen-bond donors (Lipinski definition) is 2. The van der Waals surface area contributed by atoms with Gasteiger partial charge in [0.05, 0.1) is 17.6 Å². The normalized spacial score (nSPS) is 10.5. The van der Waals surface area contributed by atoms with Gasteiger partial charge in [-0.25, -0.2) is 4.79 Å². The number of benzene rings is 2. The van der Waals surface area contributed by atoms with E-state index in [0.29, 0.717) is 21.9 Å². The minimum Gasteiger partial charge on any atom is -0.483 e. The van der Waals surface area contributed by atoms with Gasteiger partial charge >= 0.3 is 5.97 Å². The number of rotatable bonds is 7. The summed E-state index contributed by atoms with van der Waals surface area (Å²) >= 11 is 1.02. The lowest BCUT2D eigenvalue weighted by atomic mass is 10.1. The van der Waals surface area contributed by atoms with Crippen LogP contribution in [0.2, 0.25) is 0 Å². The molecule has 3 aromatic rings. The van der Waals surface area contributed by atoms with Gasteiger partial charge in [-0.15, -0.1) is 11.3 Å². The van der Waals surface area contributed by atoms with Crippen molar-refractivity contribution in [3.8, 4) is 5.75 Å². The predicted octanol–water partition coefficient (Wildman–Crippen LogP) is 5.04. The number of carbonyl (C=O) groups is 3.